The topological polar surface area (TPSA) is 29.1 Å². The Morgan fingerprint density at radius 3 is 2.74 bits per heavy atom. The summed E-state index contributed by atoms with van der Waals surface area (Å²) >= 11 is 1.45. The van der Waals surface area contributed by atoms with Gasteiger partial charge in [0.1, 0.15) is 5.82 Å². The molecule has 0 saturated heterocycles. The first-order valence-electron chi connectivity index (χ1n) is 7.94. The maximum atomic E-state index is 12.9. The van der Waals surface area contributed by atoms with Crippen molar-refractivity contribution in [3.63, 3.8) is 0 Å². The molecule has 4 heteroatoms. The van der Waals surface area contributed by atoms with E-state index >= 15 is 0 Å². The Morgan fingerprint density at radius 2 is 1.96 bits per heavy atom. The lowest BCUT2D eigenvalue weighted by Crippen LogP contribution is -2.35. The van der Waals surface area contributed by atoms with Gasteiger partial charge in [-0.3, -0.25) is 4.79 Å². The average molecular weight is 329 g/mol. The molecule has 2 aromatic carbocycles. The zero-order valence-electron chi connectivity index (χ0n) is 13.1. The van der Waals surface area contributed by atoms with Crippen LogP contribution in [0.15, 0.2) is 53.4 Å². The second-order valence-corrected chi connectivity index (χ2v) is 7.28. The number of aryl methyl sites for hydroxylation is 1. The number of nitrogens with one attached hydrogen (secondary N) is 1. The molecule has 23 heavy (non-hydrogen) atoms. The van der Waals surface area contributed by atoms with Crippen molar-refractivity contribution >= 4 is 17.7 Å². The molecule has 0 spiro atoms. The molecule has 0 bridgehead atoms. The monoisotopic (exact) mass is 329 g/mol. The molecule has 0 heterocycles. The molecule has 0 aromatic heterocycles. The molecular formula is C19H20FNOS. The van der Waals surface area contributed by atoms with Crippen molar-refractivity contribution in [2.24, 2.45) is 0 Å². The van der Waals surface area contributed by atoms with Crippen LogP contribution in [0, 0.1) is 5.82 Å². The lowest BCUT2D eigenvalue weighted by atomic mass is 9.88. The van der Waals surface area contributed by atoms with Crippen molar-refractivity contribution in [3.8, 4) is 0 Å². The molecule has 2 atom stereocenters. The third-order valence-corrected chi connectivity index (χ3v) is 5.29. The van der Waals surface area contributed by atoms with Crippen molar-refractivity contribution in [2.45, 2.75) is 42.4 Å². The quantitative estimate of drug-likeness (QED) is 0.837. The molecule has 0 fully saturated rings. The van der Waals surface area contributed by atoms with Gasteiger partial charge in [0.2, 0.25) is 5.91 Å². The molecule has 2 nitrogen and oxygen atoms in total. The summed E-state index contributed by atoms with van der Waals surface area (Å²) in [6.45, 7) is 1.89. The number of thioether (sulfide) groups is 1. The summed E-state index contributed by atoms with van der Waals surface area (Å²) in [4.78, 5) is 13.4. The number of benzene rings is 2. The number of rotatable bonds is 4. The summed E-state index contributed by atoms with van der Waals surface area (Å²) in [5.41, 5.74) is 2.58. The molecule has 0 aliphatic heterocycles. The molecule has 1 aliphatic carbocycles. The van der Waals surface area contributed by atoms with Crippen LogP contribution in [0.2, 0.25) is 0 Å². The minimum absolute atomic E-state index is 0.0287. The lowest BCUT2D eigenvalue weighted by Gasteiger charge is -2.27. The fourth-order valence-corrected chi connectivity index (χ4v) is 3.84. The largest absolute Gasteiger partial charge is 0.348 e. The van der Waals surface area contributed by atoms with Gasteiger partial charge < -0.3 is 5.32 Å². The second-order valence-electron chi connectivity index (χ2n) is 5.87. The SMILES string of the molecule is C[C@@H](Sc1ccc(F)cc1)C(=O)N[C@@H]1CCCc2ccccc21. The van der Waals surface area contributed by atoms with E-state index in [1.165, 1.54) is 35.0 Å². The van der Waals surface area contributed by atoms with E-state index in [0.717, 1.165) is 24.2 Å². The first kappa shape index (κ1) is 16.1. The summed E-state index contributed by atoms with van der Waals surface area (Å²) in [6, 6.07) is 14.7. The Labute approximate surface area is 140 Å². The van der Waals surface area contributed by atoms with Crippen molar-refractivity contribution in [2.75, 3.05) is 0 Å². The van der Waals surface area contributed by atoms with E-state index in [9.17, 15) is 9.18 Å². The number of hydrogen-bond donors (Lipinski definition) is 1. The number of carbonyl (C=O) groups excluding carboxylic acids is 1. The van der Waals surface area contributed by atoms with Crippen LogP contribution in [-0.4, -0.2) is 11.2 Å². The normalized spacial score (nSPS) is 18.1. The molecule has 3 rings (SSSR count). The van der Waals surface area contributed by atoms with Gasteiger partial charge in [-0.1, -0.05) is 24.3 Å². The van der Waals surface area contributed by atoms with Gasteiger partial charge in [-0.05, 0) is 61.6 Å². The van der Waals surface area contributed by atoms with E-state index in [4.69, 9.17) is 0 Å². The predicted molar refractivity (Wildman–Crippen MR) is 92.0 cm³/mol. The molecule has 0 radical (unpaired) electrons. The molecule has 120 valence electrons. The fraction of sp³-hybridized carbons (Fsp3) is 0.316. The summed E-state index contributed by atoms with van der Waals surface area (Å²) < 4.78 is 12.9. The van der Waals surface area contributed by atoms with Crippen LogP contribution >= 0.6 is 11.8 Å². The van der Waals surface area contributed by atoms with Crippen molar-refractivity contribution in [1.82, 2.24) is 5.32 Å². The molecule has 0 unspecified atom stereocenters. The van der Waals surface area contributed by atoms with Crippen LogP contribution in [0.4, 0.5) is 4.39 Å². The van der Waals surface area contributed by atoms with E-state index in [1.807, 2.05) is 13.0 Å². The Hall–Kier alpha value is -1.81. The molecule has 1 aliphatic rings. The van der Waals surface area contributed by atoms with Gasteiger partial charge in [-0.2, -0.15) is 0 Å². The zero-order valence-corrected chi connectivity index (χ0v) is 13.9. The number of hydrogen-bond acceptors (Lipinski definition) is 2. The van der Waals surface area contributed by atoms with Crippen LogP contribution in [0.5, 0.6) is 0 Å². The van der Waals surface area contributed by atoms with Crippen LogP contribution in [0.25, 0.3) is 0 Å². The zero-order chi connectivity index (χ0) is 16.2. The van der Waals surface area contributed by atoms with E-state index in [1.54, 1.807) is 12.1 Å². The van der Waals surface area contributed by atoms with Gasteiger partial charge in [0.15, 0.2) is 0 Å². The molecule has 1 N–H and O–H groups in total. The fourth-order valence-electron chi connectivity index (χ4n) is 2.96. The third-order valence-electron chi connectivity index (χ3n) is 4.18. The lowest BCUT2D eigenvalue weighted by molar-refractivity contribution is -0.121. The smallest absolute Gasteiger partial charge is 0.233 e. The summed E-state index contributed by atoms with van der Waals surface area (Å²) in [5.74, 6) is -0.230. The van der Waals surface area contributed by atoms with E-state index in [-0.39, 0.29) is 23.0 Å². The third kappa shape index (κ3) is 3.94. The maximum absolute atomic E-state index is 12.9. The minimum Gasteiger partial charge on any atom is -0.348 e. The Bertz CT molecular complexity index is 686. The number of halogens is 1. The summed E-state index contributed by atoms with van der Waals surface area (Å²) in [5, 5.41) is 2.96. The highest BCUT2D eigenvalue weighted by Crippen LogP contribution is 2.30. The van der Waals surface area contributed by atoms with E-state index < -0.39 is 0 Å². The first-order valence-corrected chi connectivity index (χ1v) is 8.82. The molecule has 2 aromatic rings. The molecule has 0 saturated carbocycles. The van der Waals surface area contributed by atoms with E-state index in [0.29, 0.717) is 0 Å². The highest BCUT2D eigenvalue weighted by atomic mass is 32.2. The Morgan fingerprint density at radius 1 is 1.22 bits per heavy atom. The van der Waals surface area contributed by atoms with Crippen LogP contribution in [0.3, 0.4) is 0 Å². The van der Waals surface area contributed by atoms with Gasteiger partial charge in [-0.25, -0.2) is 4.39 Å². The van der Waals surface area contributed by atoms with E-state index in [2.05, 4.69) is 23.5 Å². The van der Waals surface area contributed by atoms with Crippen molar-refractivity contribution in [3.05, 3.63) is 65.5 Å². The second kappa shape index (κ2) is 7.18. The molecule has 1 amide bonds. The van der Waals surface area contributed by atoms with Crippen LogP contribution < -0.4 is 5.32 Å². The highest BCUT2D eigenvalue weighted by Gasteiger charge is 2.23. The average Bonchev–Trinajstić information content (AvgIpc) is 2.57. The summed E-state index contributed by atoms with van der Waals surface area (Å²) in [6.07, 6.45) is 3.17. The van der Waals surface area contributed by atoms with Gasteiger partial charge in [-0.15, -0.1) is 11.8 Å². The predicted octanol–water partition coefficient (Wildman–Crippen LogP) is 4.50. The van der Waals surface area contributed by atoms with Gasteiger partial charge in [0, 0.05) is 4.90 Å². The highest BCUT2D eigenvalue weighted by molar-refractivity contribution is 8.00. The van der Waals surface area contributed by atoms with Crippen molar-refractivity contribution < 1.29 is 9.18 Å². The van der Waals surface area contributed by atoms with Crippen LogP contribution in [0.1, 0.15) is 36.9 Å². The first-order chi connectivity index (χ1) is 11.1. The molecular weight excluding hydrogens is 309 g/mol. The van der Waals surface area contributed by atoms with Gasteiger partial charge in [0.25, 0.3) is 0 Å². The Kier molecular flexibility index (Phi) is 5.01. The van der Waals surface area contributed by atoms with Gasteiger partial charge in [0.05, 0.1) is 11.3 Å². The number of carbonyl (C=O) groups is 1. The standard InChI is InChI=1S/C19H20FNOS/c1-13(23-16-11-9-15(20)10-12-16)19(22)21-18-8-4-6-14-5-2-3-7-17(14)18/h2-3,5,7,9-13,18H,4,6,8H2,1H3,(H,21,22)/t13-,18-/m1/s1. The van der Waals surface area contributed by atoms with Crippen LogP contribution in [-0.2, 0) is 11.2 Å². The number of amides is 1. The van der Waals surface area contributed by atoms with Crippen molar-refractivity contribution in [1.29, 1.82) is 0 Å². The van der Waals surface area contributed by atoms with Gasteiger partial charge >= 0.3 is 0 Å². The summed E-state index contributed by atoms with van der Waals surface area (Å²) in [7, 11) is 0. The number of fused-ring (bicyclic) bond motifs is 1. The minimum atomic E-state index is -0.259. The maximum Gasteiger partial charge on any atom is 0.233 e. The Balaban J connectivity index is 1.64.